The van der Waals surface area contributed by atoms with E-state index in [-0.39, 0.29) is 0 Å². The fourth-order valence-electron chi connectivity index (χ4n) is 0.350. The summed E-state index contributed by atoms with van der Waals surface area (Å²) in [5.74, 6) is 0. The summed E-state index contributed by atoms with van der Waals surface area (Å²) in [5, 5.41) is 3.63. The van der Waals surface area contributed by atoms with E-state index in [0.717, 1.165) is 0 Å². The number of nitrogens with two attached hydrogens (primary N) is 1. The van der Waals surface area contributed by atoms with Gasteiger partial charge in [0, 0.05) is 12.3 Å². The molecule has 5 heteroatoms. The molecular weight excluding hydrogens is 146 g/mol. The molecule has 0 aromatic rings. The third-order valence-corrected chi connectivity index (χ3v) is 0.909. The average Bonchev–Trinajstić information content (AvgIpc) is 2.01. The molecule has 0 aliphatic rings. The fraction of sp³-hybridized carbons (Fsp3) is 0.667. The molecule has 0 atom stereocenters. The Kier molecular flexibility index (Phi) is 5.10. The maximum absolute atomic E-state index is 10.6. The Hall–Kier alpha value is -1.10. The van der Waals surface area contributed by atoms with E-state index in [0.29, 0.717) is 18.9 Å². The smallest absolute Gasteiger partial charge is 0.427 e. The van der Waals surface area contributed by atoms with Crippen LogP contribution in [0.4, 0.5) is 4.79 Å². The molecule has 0 aliphatic carbocycles. The summed E-state index contributed by atoms with van der Waals surface area (Å²) in [6.45, 7) is 4.10. The van der Waals surface area contributed by atoms with Gasteiger partial charge in [-0.15, -0.1) is 0 Å². The summed E-state index contributed by atoms with van der Waals surface area (Å²) in [5.41, 5.74) is 8.04. The number of nitrogens with zero attached hydrogens (tertiary/aromatic N) is 1. The maximum Gasteiger partial charge on any atom is 0.427 e. The molecular formula is C6H13N3O2. The zero-order valence-electron chi connectivity index (χ0n) is 6.76. The lowest BCUT2D eigenvalue weighted by molar-refractivity contribution is 0.152. The first-order valence-electron chi connectivity index (χ1n) is 3.36. The van der Waals surface area contributed by atoms with Crippen molar-refractivity contribution in [2.45, 2.75) is 13.8 Å². The van der Waals surface area contributed by atoms with Crippen LogP contribution in [0, 0.1) is 0 Å². The Morgan fingerprint density at radius 2 is 2.36 bits per heavy atom. The fourth-order valence-corrected chi connectivity index (χ4v) is 0.350. The van der Waals surface area contributed by atoms with Gasteiger partial charge in [-0.2, -0.15) is 5.10 Å². The van der Waals surface area contributed by atoms with E-state index in [1.807, 2.05) is 0 Å². The monoisotopic (exact) mass is 159 g/mol. The van der Waals surface area contributed by atoms with Crippen molar-refractivity contribution in [3.8, 4) is 0 Å². The van der Waals surface area contributed by atoms with Crippen LogP contribution in [0.25, 0.3) is 0 Å². The first-order chi connectivity index (χ1) is 5.20. The highest BCUT2D eigenvalue weighted by Crippen LogP contribution is 1.76. The van der Waals surface area contributed by atoms with Crippen LogP contribution in [0.1, 0.15) is 13.8 Å². The van der Waals surface area contributed by atoms with Crippen molar-refractivity contribution in [2.75, 3.05) is 13.2 Å². The van der Waals surface area contributed by atoms with Crippen LogP contribution >= 0.6 is 0 Å². The summed E-state index contributed by atoms with van der Waals surface area (Å²) >= 11 is 0. The van der Waals surface area contributed by atoms with E-state index in [9.17, 15) is 4.79 Å². The Morgan fingerprint density at radius 1 is 1.73 bits per heavy atom. The van der Waals surface area contributed by atoms with Crippen LogP contribution in [0.3, 0.4) is 0 Å². The molecule has 0 aromatic heterocycles. The van der Waals surface area contributed by atoms with Crippen molar-refractivity contribution >= 4 is 11.8 Å². The second kappa shape index (κ2) is 5.67. The molecule has 5 nitrogen and oxygen atoms in total. The lowest BCUT2D eigenvalue weighted by atomic mass is 10.4. The minimum Gasteiger partial charge on any atom is -0.449 e. The van der Waals surface area contributed by atoms with E-state index < -0.39 is 6.09 Å². The van der Waals surface area contributed by atoms with Crippen LogP contribution in [-0.4, -0.2) is 25.0 Å². The molecule has 0 saturated carbocycles. The second-order valence-electron chi connectivity index (χ2n) is 1.88. The van der Waals surface area contributed by atoms with E-state index in [2.05, 4.69) is 15.3 Å². The largest absolute Gasteiger partial charge is 0.449 e. The molecule has 0 unspecified atom stereocenters. The van der Waals surface area contributed by atoms with Gasteiger partial charge in [-0.25, -0.2) is 10.2 Å². The summed E-state index contributed by atoms with van der Waals surface area (Å²) in [6.07, 6.45) is -0.555. The van der Waals surface area contributed by atoms with E-state index >= 15 is 0 Å². The van der Waals surface area contributed by atoms with Crippen molar-refractivity contribution < 1.29 is 9.53 Å². The number of carbonyl (C=O) groups is 1. The highest BCUT2D eigenvalue weighted by molar-refractivity contribution is 5.84. The predicted octanol–water partition coefficient (Wildman–Crippen LogP) is 0.0671. The van der Waals surface area contributed by atoms with Crippen LogP contribution < -0.4 is 11.2 Å². The molecule has 3 N–H and O–H groups in total. The summed E-state index contributed by atoms with van der Waals surface area (Å²) in [7, 11) is 0. The summed E-state index contributed by atoms with van der Waals surface area (Å²) in [6, 6.07) is 0. The van der Waals surface area contributed by atoms with Crippen molar-refractivity contribution in [1.82, 2.24) is 5.43 Å². The van der Waals surface area contributed by atoms with Crippen molar-refractivity contribution in [3.05, 3.63) is 0 Å². The Bertz CT molecular complexity index is 156. The minimum absolute atomic E-state index is 0.326. The van der Waals surface area contributed by atoms with E-state index in [4.69, 9.17) is 5.73 Å². The lowest BCUT2D eigenvalue weighted by Crippen LogP contribution is -2.22. The first-order valence-corrected chi connectivity index (χ1v) is 3.36. The van der Waals surface area contributed by atoms with Crippen LogP contribution in [0.2, 0.25) is 0 Å². The molecule has 0 aliphatic heterocycles. The molecule has 0 aromatic carbocycles. The number of rotatable bonds is 3. The van der Waals surface area contributed by atoms with Gasteiger partial charge in [-0.3, -0.25) is 0 Å². The predicted molar refractivity (Wildman–Crippen MR) is 42.3 cm³/mol. The zero-order valence-corrected chi connectivity index (χ0v) is 6.76. The number of amides is 1. The summed E-state index contributed by atoms with van der Waals surface area (Å²) < 4.78 is 4.54. The third-order valence-electron chi connectivity index (χ3n) is 0.909. The van der Waals surface area contributed by atoms with Crippen LogP contribution in [0.5, 0.6) is 0 Å². The topological polar surface area (TPSA) is 76.7 Å². The van der Waals surface area contributed by atoms with Gasteiger partial charge in [0.25, 0.3) is 0 Å². The number of ether oxygens (including phenoxy) is 1. The number of hydrogen-bond donors (Lipinski definition) is 2. The Balaban J connectivity index is 3.60. The lowest BCUT2D eigenvalue weighted by Gasteiger charge is -1.99. The minimum atomic E-state index is -0.555. The van der Waals surface area contributed by atoms with E-state index in [1.54, 1.807) is 13.8 Å². The van der Waals surface area contributed by atoms with Crippen molar-refractivity contribution in [3.63, 3.8) is 0 Å². The molecule has 0 spiro atoms. The molecule has 0 bridgehead atoms. The zero-order chi connectivity index (χ0) is 8.69. The SMILES string of the molecule is CCOC(=O)NN=C(C)CN. The van der Waals surface area contributed by atoms with Crippen molar-refractivity contribution in [2.24, 2.45) is 10.8 Å². The molecule has 0 heterocycles. The third kappa shape index (κ3) is 5.35. The van der Waals surface area contributed by atoms with Gasteiger partial charge in [-0.1, -0.05) is 0 Å². The number of carbonyl (C=O) groups excluding carboxylic acids is 1. The van der Waals surface area contributed by atoms with Gasteiger partial charge in [-0.05, 0) is 13.8 Å². The second-order valence-corrected chi connectivity index (χ2v) is 1.88. The van der Waals surface area contributed by atoms with Gasteiger partial charge in [0.05, 0.1) is 6.61 Å². The number of hydrazone groups is 1. The number of nitrogens with one attached hydrogen (secondary N) is 1. The molecule has 0 saturated heterocycles. The van der Waals surface area contributed by atoms with Gasteiger partial charge in [0.15, 0.2) is 0 Å². The van der Waals surface area contributed by atoms with Crippen molar-refractivity contribution in [1.29, 1.82) is 0 Å². The molecule has 64 valence electrons. The molecule has 0 fully saturated rings. The Labute approximate surface area is 65.6 Å². The Morgan fingerprint density at radius 3 is 2.82 bits per heavy atom. The standard InChI is InChI=1S/C6H13N3O2/c1-3-11-6(10)9-8-5(2)4-7/h3-4,7H2,1-2H3,(H,9,10). The van der Waals surface area contributed by atoms with E-state index in [1.165, 1.54) is 0 Å². The highest BCUT2D eigenvalue weighted by Gasteiger charge is 1.95. The van der Waals surface area contributed by atoms with Gasteiger partial charge in [0.2, 0.25) is 0 Å². The van der Waals surface area contributed by atoms with Gasteiger partial charge in [0.1, 0.15) is 0 Å². The molecule has 0 radical (unpaired) electrons. The molecule has 1 amide bonds. The number of hydrogen-bond acceptors (Lipinski definition) is 4. The molecule has 0 rings (SSSR count). The highest BCUT2D eigenvalue weighted by atomic mass is 16.5. The molecule has 11 heavy (non-hydrogen) atoms. The quantitative estimate of drug-likeness (QED) is 0.451. The van der Waals surface area contributed by atoms with Gasteiger partial charge >= 0.3 is 6.09 Å². The maximum atomic E-state index is 10.6. The van der Waals surface area contributed by atoms with Gasteiger partial charge < -0.3 is 10.5 Å². The average molecular weight is 159 g/mol. The van der Waals surface area contributed by atoms with Crippen LogP contribution in [0.15, 0.2) is 5.10 Å². The van der Waals surface area contributed by atoms with Crippen LogP contribution in [-0.2, 0) is 4.74 Å². The normalized spacial score (nSPS) is 11.0. The first kappa shape index (κ1) is 9.90. The summed E-state index contributed by atoms with van der Waals surface area (Å²) in [4.78, 5) is 10.6.